The van der Waals surface area contributed by atoms with Crippen LogP contribution in [0.4, 0.5) is 0 Å². The van der Waals surface area contributed by atoms with Gasteiger partial charge in [0.2, 0.25) is 5.82 Å². The van der Waals surface area contributed by atoms with Gasteiger partial charge >= 0.3 is 0 Å². The maximum atomic E-state index is 12.1. The first kappa shape index (κ1) is 15.0. The Morgan fingerprint density at radius 2 is 2.25 bits per heavy atom. The normalized spacial score (nSPS) is 20.3. The molecule has 1 fully saturated rings. The van der Waals surface area contributed by atoms with E-state index in [0.717, 1.165) is 25.3 Å². The smallest absolute Gasteiger partial charge is 0.291 e. The van der Waals surface area contributed by atoms with Gasteiger partial charge in [0.05, 0.1) is 0 Å². The van der Waals surface area contributed by atoms with Crippen LogP contribution < -0.4 is 5.32 Å². The molecule has 1 amide bonds. The van der Waals surface area contributed by atoms with E-state index in [9.17, 15) is 4.79 Å². The molecule has 0 bridgehead atoms. The summed E-state index contributed by atoms with van der Waals surface area (Å²) in [4.78, 5) is 18.7. The minimum absolute atomic E-state index is 0.129. The van der Waals surface area contributed by atoms with Crippen LogP contribution in [-0.4, -0.2) is 51.7 Å². The molecule has 0 aliphatic carbocycles. The van der Waals surface area contributed by atoms with Gasteiger partial charge < -0.3 is 5.32 Å². The fourth-order valence-corrected chi connectivity index (χ4v) is 2.53. The minimum Gasteiger partial charge on any atom is -0.348 e. The lowest BCUT2D eigenvalue weighted by atomic mass is 9.96. The lowest BCUT2D eigenvalue weighted by Crippen LogP contribution is -2.40. The third kappa shape index (κ3) is 3.36. The summed E-state index contributed by atoms with van der Waals surface area (Å²) >= 11 is 0. The van der Waals surface area contributed by atoms with Crippen molar-refractivity contribution in [3.8, 4) is 0 Å². The van der Waals surface area contributed by atoms with Crippen molar-refractivity contribution in [2.75, 3.05) is 19.6 Å². The van der Waals surface area contributed by atoms with E-state index in [4.69, 9.17) is 0 Å². The number of hydrogen-bond acceptors (Lipinski definition) is 4. The minimum atomic E-state index is -0.195. The topological polar surface area (TPSA) is 73.9 Å². The highest BCUT2D eigenvalue weighted by atomic mass is 16.2. The molecule has 1 atom stereocenters. The molecule has 1 aromatic heterocycles. The lowest BCUT2D eigenvalue weighted by Gasteiger charge is -2.22. The van der Waals surface area contributed by atoms with Crippen LogP contribution in [0.2, 0.25) is 0 Å². The third-order valence-corrected chi connectivity index (χ3v) is 3.80. The zero-order valence-corrected chi connectivity index (χ0v) is 12.9. The van der Waals surface area contributed by atoms with Crippen LogP contribution in [0.1, 0.15) is 57.0 Å². The maximum Gasteiger partial charge on any atom is 0.291 e. The number of carbonyl (C=O) groups excluding carboxylic acids is 1. The van der Waals surface area contributed by atoms with Crippen molar-refractivity contribution in [2.45, 2.75) is 52.0 Å². The van der Waals surface area contributed by atoms with Gasteiger partial charge in [0.1, 0.15) is 5.82 Å². The van der Waals surface area contributed by atoms with E-state index in [-0.39, 0.29) is 17.1 Å². The van der Waals surface area contributed by atoms with Crippen molar-refractivity contribution in [1.82, 2.24) is 25.4 Å². The van der Waals surface area contributed by atoms with Gasteiger partial charge in [0.25, 0.3) is 5.91 Å². The summed E-state index contributed by atoms with van der Waals surface area (Å²) in [5, 5.41) is 9.79. The molecule has 1 unspecified atom stereocenters. The van der Waals surface area contributed by atoms with Crippen LogP contribution in [-0.2, 0) is 5.41 Å². The molecule has 112 valence electrons. The summed E-state index contributed by atoms with van der Waals surface area (Å²) in [5.41, 5.74) is -0.129. The van der Waals surface area contributed by atoms with E-state index < -0.39 is 0 Å². The summed E-state index contributed by atoms with van der Waals surface area (Å²) in [6, 6.07) is 0.449. The molecule has 1 aromatic rings. The summed E-state index contributed by atoms with van der Waals surface area (Å²) in [6.45, 7) is 11.1. The van der Waals surface area contributed by atoms with E-state index in [1.165, 1.54) is 6.42 Å². The van der Waals surface area contributed by atoms with E-state index in [1.807, 2.05) is 20.8 Å². The number of carbonyl (C=O) groups is 1. The number of rotatable bonds is 4. The number of amides is 1. The Morgan fingerprint density at radius 1 is 1.50 bits per heavy atom. The van der Waals surface area contributed by atoms with E-state index in [2.05, 4.69) is 32.3 Å². The first-order valence-corrected chi connectivity index (χ1v) is 7.37. The highest BCUT2D eigenvalue weighted by molar-refractivity contribution is 5.90. The fraction of sp³-hybridized carbons (Fsp3) is 0.786. The van der Waals surface area contributed by atoms with Crippen LogP contribution in [0.25, 0.3) is 0 Å². The molecule has 0 saturated carbocycles. The van der Waals surface area contributed by atoms with Crippen molar-refractivity contribution in [3.05, 3.63) is 11.6 Å². The monoisotopic (exact) mass is 279 g/mol. The Bertz CT molecular complexity index is 462. The largest absolute Gasteiger partial charge is 0.348 e. The molecule has 6 heteroatoms. The summed E-state index contributed by atoms with van der Waals surface area (Å²) in [6.07, 6.45) is 2.36. The fourth-order valence-electron chi connectivity index (χ4n) is 2.53. The van der Waals surface area contributed by atoms with E-state index in [1.54, 1.807) is 0 Å². The molecular weight excluding hydrogens is 254 g/mol. The van der Waals surface area contributed by atoms with Crippen molar-refractivity contribution in [3.63, 3.8) is 0 Å². The molecule has 20 heavy (non-hydrogen) atoms. The number of aromatic nitrogens is 3. The van der Waals surface area contributed by atoms with Crippen molar-refractivity contribution in [2.24, 2.45) is 0 Å². The molecule has 2 rings (SSSR count). The quantitative estimate of drug-likeness (QED) is 0.871. The predicted molar refractivity (Wildman–Crippen MR) is 77.7 cm³/mol. The second kappa shape index (κ2) is 5.91. The van der Waals surface area contributed by atoms with Crippen LogP contribution >= 0.6 is 0 Å². The predicted octanol–water partition coefficient (Wildman–Crippen LogP) is 1.32. The summed E-state index contributed by atoms with van der Waals surface area (Å²) < 4.78 is 0. The summed E-state index contributed by atoms with van der Waals surface area (Å²) in [5.74, 6) is 0.773. The van der Waals surface area contributed by atoms with Gasteiger partial charge in [0, 0.05) is 18.0 Å². The molecule has 0 radical (unpaired) electrons. The van der Waals surface area contributed by atoms with Gasteiger partial charge in [-0.2, -0.15) is 0 Å². The molecule has 1 aliphatic rings. The first-order chi connectivity index (χ1) is 9.41. The number of likely N-dealkylation sites (N-methyl/N-ethyl adjacent to an activating group) is 1. The zero-order valence-electron chi connectivity index (χ0n) is 12.9. The summed E-state index contributed by atoms with van der Waals surface area (Å²) in [7, 11) is 0. The van der Waals surface area contributed by atoms with Crippen LogP contribution in [0.3, 0.4) is 0 Å². The standard InChI is InChI=1S/C14H25N5O/c1-5-19-8-6-7-10(19)9-15-12(20)11-16-13(18-17-11)14(2,3)4/h10H,5-9H2,1-4H3,(H,15,20)(H,16,17,18). The zero-order chi connectivity index (χ0) is 14.8. The Balaban J connectivity index is 1.90. The molecule has 1 aliphatic heterocycles. The van der Waals surface area contributed by atoms with Crippen molar-refractivity contribution < 1.29 is 4.79 Å². The third-order valence-electron chi connectivity index (χ3n) is 3.80. The van der Waals surface area contributed by atoms with Crippen LogP contribution in [0, 0.1) is 0 Å². The number of nitrogens with zero attached hydrogens (tertiary/aromatic N) is 3. The van der Waals surface area contributed by atoms with E-state index in [0.29, 0.717) is 12.6 Å². The van der Waals surface area contributed by atoms with Crippen LogP contribution in [0.15, 0.2) is 0 Å². The van der Waals surface area contributed by atoms with Crippen molar-refractivity contribution in [1.29, 1.82) is 0 Å². The molecule has 2 heterocycles. The van der Waals surface area contributed by atoms with Gasteiger partial charge in [-0.25, -0.2) is 4.98 Å². The molecule has 2 N–H and O–H groups in total. The molecule has 1 saturated heterocycles. The van der Waals surface area contributed by atoms with E-state index >= 15 is 0 Å². The molecule has 6 nitrogen and oxygen atoms in total. The van der Waals surface area contributed by atoms with Gasteiger partial charge in [0.15, 0.2) is 0 Å². The highest BCUT2D eigenvalue weighted by Gasteiger charge is 2.25. The number of hydrogen-bond donors (Lipinski definition) is 2. The Kier molecular flexibility index (Phi) is 4.42. The average Bonchev–Trinajstić information content (AvgIpc) is 3.03. The van der Waals surface area contributed by atoms with Gasteiger partial charge in [-0.15, -0.1) is 5.10 Å². The SMILES string of the molecule is CCN1CCCC1CNC(=O)c1n[nH]c(C(C)(C)C)n1. The number of likely N-dealkylation sites (tertiary alicyclic amines) is 1. The van der Waals surface area contributed by atoms with Crippen LogP contribution in [0.5, 0.6) is 0 Å². The maximum absolute atomic E-state index is 12.1. The van der Waals surface area contributed by atoms with Gasteiger partial charge in [-0.05, 0) is 25.9 Å². The Labute approximate surface area is 120 Å². The second-order valence-corrected chi connectivity index (χ2v) is 6.39. The molecular formula is C14H25N5O. The Morgan fingerprint density at radius 3 is 2.85 bits per heavy atom. The van der Waals surface area contributed by atoms with Gasteiger partial charge in [-0.1, -0.05) is 27.7 Å². The lowest BCUT2D eigenvalue weighted by molar-refractivity contribution is 0.0931. The second-order valence-electron chi connectivity index (χ2n) is 6.39. The Hall–Kier alpha value is -1.43. The first-order valence-electron chi connectivity index (χ1n) is 7.37. The molecule has 0 aromatic carbocycles. The number of nitrogens with one attached hydrogen (secondary N) is 2. The number of H-pyrrole nitrogens is 1. The van der Waals surface area contributed by atoms with Gasteiger partial charge in [-0.3, -0.25) is 14.8 Å². The molecule has 0 spiro atoms. The van der Waals surface area contributed by atoms with Crippen molar-refractivity contribution >= 4 is 5.91 Å². The highest BCUT2D eigenvalue weighted by Crippen LogP contribution is 2.18. The average molecular weight is 279 g/mol. The number of aromatic amines is 1.